The van der Waals surface area contributed by atoms with E-state index >= 15 is 0 Å². The van der Waals surface area contributed by atoms with Crippen molar-refractivity contribution in [2.45, 2.75) is 6.18 Å². The van der Waals surface area contributed by atoms with E-state index in [2.05, 4.69) is 16.6 Å². The van der Waals surface area contributed by atoms with Crippen molar-refractivity contribution < 1.29 is 36.6 Å². The van der Waals surface area contributed by atoms with E-state index in [1.54, 1.807) is 0 Å². The number of phenolic OH excluding ortho intramolecular Hbond substituents is 1. The first-order chi connectivity index (χ1) is 11.6. The second-order valence-electron chi connectivity index (χ2n) is 4.78. The Balaban J connectivity index is 2.54. The van der Waals surface area contributed by atoms with Crippen LogP contribution in [0, 0.1) is 23.5 Å². The molecule has 0 aliphatic carbocycles. The number of rotatable bonds is 1. The van der Waals surface area contributed by atoms with Gasteiger partial charge in [-0.15, -0.1) is 0 Å². The van der Waals surface area contributed by atoms with Gasteiger partial charge < -0.3 is 9.84 Å². The van der Waals surface area contributed by atoms with Gasteiger partial charge in [0, 0.05) is 11.6 Å². The van der Waals surface area contributed by atoms with Crippen molar-refractivity contribution in [2.75, 3.05) is 7.11 Å². The Morgan fingerprint density at radius 2 is 1.68 bits per heavy atom. The van der Waals surface area contributed by atoms with Crippen LogP contribution in [0.3, 0.4) is 0 Å². The van der Waals surface area contributed by atoms with E-state index in [1.807, 2.05) is 0 Å². The Kier molecular flexibility index (Phi) is 4.97. The van der Waals surface area contributed by atoms with E-state index in [0.29, 0.717) is 18.2 Å². The molecule has 0 aromatic heterocycles. The molecule has 3 nitrogen and oxygen atoms in total. The van der Waals surface area contributed by atoms with Gasteiger partial charge in [0.2, 0.25) is 0 Å². The van der Waals surface area contributed by atoms with Crippen LogP contribution in [-0.4, -0.2) is 18.2 Å². The van der Waals surface area contributed by atoms with Crippen molar-refractivity contribution in [3.63, 3.8) is 0 Å². The zero-order valence-corrected chi connectivity index (χ0v) is 12.5. The first-order valence-corrected chi connectivity index (χ1v) is 6.63. The Morgan fingerprint density at radius 1 is 1.04 bits per heavy atom. The predicted molar refractivity (Wildman–Crippen MR) is 76.8 cm³/mol. The van der Waals surface area contributed by atoms with Gasteiger partial charge in [-0.25, -0.2) is 13.6 Å². The molecule has 130 valence electrons. The monoisotopic (exact) mass is 356 g/mol. The van der Waals surface area contributed by atoms with Gasteiger partial charge in [-0.05, 0) is 24.3 Å². The van der Waals surface area contributed by atoms with Crippen LogP contribution < -0.4 is 0 Å². The average Bonchev–Trinajstić information content (AvgIpc) is 2.55. The normalized spacial score (nSPS) is 10.8. The minimum atomic E-state index is -4.83. The molecule has 0 radical (unpaired) electrons. The van der Waals surface area contributed by atoms with Crippen LogP contribution in [0.15, 0.2) is 30.3 Å². The molecule has 2 aromatic rings. The van der Waals surface area contributed by atoms with Crippen LogP contribution in [0.2, 0.25) is 0 Å². The minimum absolute atomic E-state index is 0.331. The second-order valence-corrected chi connectivity index (χ2v) is 4.78. The van der Waals surface area contributed by atoms with Gasteiger partial charge in [0.05, 0.1) is 23.8 Å². The lowest BCUT2D eigenvalue weighted by Gasteiger charge is -2.10. The molecular weight excluding hydrogens is 347 g/mol. The first-order valence-electron chi connectivity index (χ1n) is 6.63. The van der Waals surface area contributed by atoms with Gasteiger partial charge in [-0.3, -0.25) is 0 Å². The molecule has 0 aliphatic rings. The molecule has 0 bridgehead atoms. The topological polar surface area (TPSA) is 46.5 Å². The zero-order chi connectivity index (χ0) is 18.8. The summed E-state index contributed by atoms with van der Waals surface area (Å²) >= 11 is 0. The van der Waals surface area contributed by atoms with Crippen molar-refractivity contribution in [3.8, 4) is 17.6 Å². The van der Waals surface area contributed by atoms with Gasteiger partial charge in [0.1, 0.15) is 5.82 Å². The van der Waals surface area contributed by atoms with Crippen molar-refractivity contribution in [1.82, 2.24) is 0 Å². The standard InChI is InChI=1S/C17H9F5O3/c1-25-16(24)11-5-3-9(12(6-11)17(20,21)22)2-4-10-7-14(19)15(23)8-13(10)18/h3,5-8,23H,1H3. The van der Waals surface area contributed by atoms with Crippen LogP contribution in [0.5, 0.6) is 5.75 Å². The highest BCUT2D eigenvalue weighted by Gasteiger charge is 2.34. The number of ether oxygens (including phenoxy) is 1. The van der Waals surface area contributed by atoms with E-state index in [4.69, 9.17) is 5.11 Å². The average molecular weight is 356 g/mol. The fourth-order valence-electron chi connectivity index (χ4n) is 1.90. The number of benzene rings is 2. The SMILES string of the molecule is COC(=O)c1ccc(C#Cc2cc(F)c(O)cc2F)c(C(F)(F)F)c1. The highest BCUT2D eigenvalue weighted by Crippen LogP contribution is 2.32. The zero-order valence-electron chi connectivity index (χ0n) is 12.5. The van der Waals surface area contributed by atoms with E-state index < -0.39 is 46.2 Å². The van der Waals surface area contributed by atoms with Gasteiger partial charge >= 0.3 is 12.1 Å². The molecule has 1 N–H and O–H groups in total. The number of hydrogen-bond acceptors (Lipinski definition) is 3. The number of alkyl halides is 3. The number of esters is 1. The maximum atomic E-state index is 13.6. The third-order valence-corrected chi connectivity index (χ3v) is 3.11. The molecule has 0 saturated heterocycles. The van der Waals surface area contributed by atoms with Gasteiger partial charge in [-0.2, -0.15) is 13.2 Å². The van der Waals surface area contributed by atoms with Crippen LogP contribution >= 0.6 is 0 Å². The lowest BCUT2D eigenvalue weighted by atomic mass is 10.0. The number of halogens is 5. The highest BCUT2D eigenvalue weighted by molar-refractivity contribution is 5.89. The third kappa shape index (κ3) is 4.07. The molecule has 8 heteroatoms. The minimum Gasteiger partial charge on any atom is -0.505 e. The van der Waals surface area contributed by atoms with E-state index in [1.165, 1.54) is 0 Å². The number of methoxy groups -OCH3 is 1. The molecule has 0 spiro atoms. The molecule has 25 heavy (non-hydrogen) atoms. The van der Waals surface area contributed by atoms with Gasteiger partial charge in [-0.1, -0.05) is 11.8 Å². The van der Waals surface area contributed by atoms with Crippen LogP contribution in [0.4, 0.5) is 22.0 Å². The number of phenols is 1. The van der Waals surface area contributed by atoms with Crippen LogP contribution in [-0.2, 0) is 10.9 Å². The Hall–Kier alpha value is -3.08. The second kappa shape index (κ2) is 6.81. The fourth-order valence-corrected chi connectivity index (χ4v) is 1.90. The molecule has 0 aliphatic heterocycles. The van der Waals surface area contributed by atoms with Crippen molar-refractivity contribution in [2.24, 2.45) is 0 Å². The maximum Gasteiger partial charge on any atom is 0.417 e. The quantitative estimate of drug-likeness (QED) is 0.479. The molecule has 2 aromatic carbocycles. The summed E-state index contributed by atoms with van der Waals surface area (Å²) in [6.07, 6.45) is -4.83. The summed E-state index contributed by atoms with van der Waals surface area (Å²) in [6, 6.07) is 3.58. The molecule has 0 unspecified atom stereocenters. The predicted octanol–water partition coefficient (Wildman–Crippen LogP) is 3.88. The Bertz CT molecular complexity index is 892. The van der Waals surface area contributed by atoms with Crippen molar-refractivity contribution in [1.29, 1.82) is 0 Å². The smallest absolute Gasteiger partial charge is 0.417 e. The molecule has 2 rings (SSSR count). The summed E-state index contributed by atoms with van der Waals surface area (Å²) in [5.74, 6) is 0.0174. The molecule has 0 saturated carbocycles. The molecule has 0 atom stereocenters. The Morgan fingerprint density at radius 3 is 2.28 bits per heavy atom. The van der Waals surface area contributed by atoms with Gasteiger partial charge in [0.15, 0.2) is 11.6 Å². The summed E-state index contributed by atoms with van der Waals surface area (Å²) in [5, 5.41) is 9.01. The Labute approximate surface area is 138 Å². The first kappa shape index (κ1) is 18.3. The summed E-state index contributed by atoms with van der Waals surface area (Å²) in [7, 11) is 1.02. The fraction of sp³-hybridized carbons (Fsp3) is 0.118. The summed E-state index contributed by atoms with van der Waals surface area (Å²) in [6.45, 7) is 0. The van der Waals surface area contributed by atoms with E-state index in [-0.39, 0.29) is 5.56 Å². The summed E-state index contributed by atoms with van der Waals surface area (Å²) in [5.41, 5.74) is -2.61. The number of carbonyl (C=O) groups is 1. The van der Waals surface area contributed by atoms with Crippen LogP contribution in [0.25, 0.3) is 0 Å². The number of hydrogen-bond donors (Lipinski definition) is 1. The van der Waals surface area contributed by atoms with Gasteiger partial charge in [0.25, 0.3) is 0 Å². The van der Waals surface area contributed by atoms with Crippen molar-refractivity contribution in [3.05, 3.63) is 64.2 Å². The summed E-state index contributed by atoms with van der Waals surface area (Å²) in [4.78, 5) is 11.4. The molecule has 0 heterocycles. The highest BCUT2D eigenvalue weighted by atomic mass is 19.4. The molecule has 0 fully saturated rings. The molecule has 0 amide bonds. The van der Waals surface area contributed by atoms with E-state index in [0.717, 1.165) is 19.2 Å². The van der Waals surface area contributed by atoms with E-state index in [9.17, 15) is 26.7 Å². The number of carbonyl (C=O) groups excluding carboxylic acids is 1. The maximum absolute atomic E-state index is 13.6. The third-order valence-electron chi connectivity index (χ3n) is 3.11. The lowest BCUT2D eigenvalue weighted by molar-refractivity contribution is -0.137. The van der Waals surface area contributed by atoms with Crippen molar-refractivity contribution >= 4 is 5.97 Å². The van der Waals surface area contributed by atoms with Crippen LogP contribution in [0.1, 0.15) is 27.0 Å². The summed E-state index contributed by atoms with van der Waals surface area (Å²) < 4.78 is 70.5. The lowest BCUT2D eigenvalue weighted by Crippen LogP contribution is -2.11. The largest absolute Gasteiger partial charge is 0.505 e. The molecular formula is C17H9F5O3. The number of aromatic hydroxyl groups is 1.